The summed E-state index contributed by atoms with van der Waals surface area (Å²) in [6.07, 6.45) is 15.2. The Labute approximate surface area is 413 Å². The largest absolute Gasteiger partial charge is 0.383 e. The molecule has 0 radical (unpaired) electrons. The number of rotatable bonds is 8. The molecule has 336 valence electrons. The van der Waals surface area contributed by atoms with Crippen LogP contribution in [-0.4, -0.2) is 15.8 Å². The number of nitrogens with two attached hydrogens (primary N) is 1. The van der Waals surface area contributed by atoms with E-state index in [-0.39, 0.29) is 11.8 Å². The van der Waals surface area contributed by atoms with Gasteiger partial charge in [0.15, 0.2) is 0 Å². The zero-order chi connectivity index (χ0) is 47.4. The number of allylic oxidation sites excluding steroid dienone is 4. The predicted molar refractivity (Wildman–Crippen MR) is 297 cm³/mol. The Bertz CT molecular complexity index is 3930. The van der Waals surface area contributed by atoms with Gasteiger partial charge in [-0.3, -0.25) is 9.97 Å². The van der Waals surface area contributed by atoms with Gasteiger partial charge in [0.2, 0.25) is 0 Å². The van der Waals surface area contributed by atoms with Crippen LogP contribution in [0.25, 0.3) is 93.5 Å². The highest BCUT2D eigenvalue weighted by molar-refractivity contribution is 6.26. The van der Waals surface area contributed by atoms with E-state index in [9.17, 15) is 0 Å². The molecule has 2 heterocycles. The molecule has 0 saturated heterocycles. The molecule has 4 heteroatoms. The van der Waals surface area contributed by atoms with Gasteiger partial charge in [-0.1, -0.05) is 171 Å². The maximum absolute atomic E-state index is 7.23. The number of nitrogens with zero attached hydrogens (tertiary/aromatic N) is 3. The van der Waals surface area contributed by atoms with Gasteiger partial charge in [-0.2, -0.15) is 0 Å². The molecule has 9 aromatic carbocycles. The predicted octanol–water partition coefficient (Wildman–Crippen LogP) is 16.9. The molecule has 2 aliphatic carbocycles. The number of pyridine rings is 2. The normalized spacial score (nSPS) is 14.5. The molecule has 13 rings (SSSR count). The van der Waals surface area contributed by atoms with Gasteiger partial charge in [0.05, 0.1) is 5.69 Å². The standard InChI is InChI=1S/C67H48N4/c1-42(43-18-20-44(21-19-43)46-30-34-69-35-31-46)62-40-51(49-26-28-60-56-14-4-2-10-52(56)54-12-6-8-16-58(54)64(60)38-49)41-63(66(62)71-67(68)48-24-22-45(23-25-48)47-32-36-70-37-33-47)50-27-29-61-57-15-5-3-11-53(57)55-13-7-9-17-59(55)65(61)39-50/h2-15,17-42,58H,16H2,1H3,(H2,68,71). The summed E-state index contributed by atoms with van der Waals surface area (Å²) in [5.74, 6) is 0.670. The third-order valence-electron chi connectivity index (χ3n) is 15.0. The van der Waals surface area contributed by atoms with Crippen molar-refractivity contribution in [2.24, 2.45) is 10.7 Å². The first-order valence-electron chi connectivity index (χ1n) is 24.5. The van der Waals surface area contributed by atoms with Crippen molar-refractivity contribution in [1.82, 2.24) is 9.97 Å². The van der Waals surface area contributed by atoms with Gasteiger partial charge < -0.3 is 5.73 Å². The van der Waals surface area contributed by atoms with Crippen LogP contribution < -0.4 is 5.73 Å². The maximum atomic E-state index is 7.23. The van der Waals surface area contributed by atoms with Gasteiger partial charge in [-0.05, 0) is 165 Å². The second kappa shape index (κ2) is 17.5. The Morgan fingerprint density at radius 2 is 1.03 bits per heavy atom. The lowest BCUT2D eigenvalue weighted by Gasteiger charge is -2.32. The summed E-state index contributed by atoms with van der Waals surface area (Å²) in [6, 6.07) is 70.8. The van der Waals surface area contributed by atoms with Crippen LogP contribution in [-0.2, 0) is 0 Å². The Morgan fingerprint density at radius 1 is 0.479 bits per heavy atom. The average Bonchev–Trinajstić information content (AvgIpc) is 3.45. The number of benzene rings is 9. The lowest BCUT2D eigenvalue weighted by atomic mass is 9.72. The molecule has 4 nitrogen and oxygen atoms in total. The molecule has 2 aromatic heterocycles. The molecule has 71 heavy (non-hydrogen) atoms. The van der Waals surface area contributed by atoms with Crippen molar-refractivity contribution in [3.8, 4) is 55.6 Å². The minimum absolute atomic E-state index is 0.0615. The van der Waals surface area contributed by atoms with Crippen LogP contribution >= 0.6 is 0 Å². The van der Waals surface area contributed by atoms with E-state index in [1.165, 1.54) is 71.3 Å². The van der Waals surface area contributed by atoms with Crippen LogP contribution in [0.5, 0.6) is 0 Å². The van der Waals surface area contributed by atoms with E-state index >= 15 is 0 Å². The number of hydrogen-bond donors (Lipinski definition) is 1. The molecule has 2 unspecified atom stereocenters. The second-order valence-electron chi connectivity index (χ2n) is 18.9. The van der Waals surface area contributed by atoms with Crippen molar-refractivity contribution < 1.29 is 0 Å². The maximum Gasteiger partial charge on any atom is 0.131 e. The Morgan fingerprint density at radius 3 is 1.69 bits per heavy atom. The summed E-state index contributed by atoms with van der Waals surface area (Å²) in [4.78, 5) is 14.0. The highest BCUT2D eigenvalue weighted by Crippen LogP contribution is 2.51. The Kier molecular flexibility index (Phi) is 10.4. The quantitative estimate of drug-likeness (QED) is 0.0938. The van der Waals surface area contributed by atoms with Crippen LogP contribution in [0.3, 0.4) is 0 Å². The molecule has 2 N–H and O–H groups in total. The monoisotopic (exact) mass is 908 g/mol. The fourth-order valence-electron chi connectivity index (χ4n) is 11.3. The minimum atomic E-state index is -0.0615. The van der Waals surface area contributed by atoms with E-state index in [1.807, 2.05) is 36.9 Å². The van der Waals surface area contributed by atoms with Gasteiger partial charge in [-0.15, -0.1) is 0 Å². The van der Waals surface area contributed by atoms with Crippen molar-refractivity contribution in [3.63, 3.8) is 0 Å². The van der Waals surface area contributed by atoms with Crippen LogP contribution in [0, 0.1) is 0 Å². The Hall–Kier alpha value is -8.99. The van der Waals surface area contributed by atoms with Crippen molar-refractivity contribution >= 4 is 49.4 Å². The smallest absolute Gasteiger partial charge is 0.131 e. The van der Waals surface area contributed by atoms with E-state index in [2.05, 4.69) is 217 Å². The van der Waals surface area contributed by atoms with Gasteiger partial charge in [0.25, 0.3) is 0 Å². The molecular weight excluding hydrogens is 861 g/mol. The summed E-state index contributed by atoms with van der Waals surface area (Å²) in [5, 5.41) is 7.39. The molecule has 0 fully saturated rings. The third kappa shape index (κ3) is 7.44. The van der Waals surface area contributed by atoms with Crippen molar-refractivity contribution in [3.05, 3.63) is 265 Å². The molecule has 0 saturated carbocycles. The van der Waals surface area contributed by atoms with E-state index in [0.29, 0.717) is 5.84 Å². The van der Waals surface area contributed by atoms with Crippen LogP contribution in [0.2, 0.25) is 0 Å². The highest BCUT2D eigenvalue weighted by atomic mass is 14.9. The summed E-state index contributed by atoms with van der Waals surface area (Å²) < 4.78 is 0. The molecule has 2 aliphatic rings. The zero-order valence-electron chi connectivity index (χ0n) is 39.3. The van der Waals surface area contributed by atoms with Crippen LogP contribution in [0.4, 0.5) is 5.69 Å². The van der Waals surface area contributed by atoms with Crippen molar-refractivity contribution in [2.45, 2.75) is 25.2 Å². The highest BCUT2D eigenvalue weighted by Gasteiger charge is 2.30. The molecule has 2 atom stereocenters. The van der Waals surface area contributed by atoms with Gasteiger partial charge in [-0.25, -0.2) is 4.99 Å². The molecular formula is C67H48N4. The average molecular weight is 909 g/mol. The Balaban J connectivity index is 1.05. The van der Waals surface area contributed by atoms with E-state index < -0.39 is 0 Å². The summed E-state index contributed by atoms with van der Waals surface area (Å²) in [5.41, 5.74) is 26.8. The lowest BCUT2D eigenvalue weighted by Crippen LogP contribution is -2.13. The van der Waals surface area contributed by atoms with Crippen molar-refractivity contribution in [1.29, 1.82) is 0 Å². The van der Waals surface area contributed by atoms with Crippen molar-refractivity contribution in [2.75, 3.05) is 0 Å². The molecule has 0 spiro atoms. The molecule has 0 amide bonds. The second-order valence-corrected chi connectivity index (χ2v) is 18.9. The van der Waals surface area contributed by atoms with Gasteiger partial charge in [0, 0.05) is 47.8 Å². The first kappa shape index (κ1) is 42.1. The molecule has 0 aliphatic heterocycles. The number of hydrogen-bond acceptors (Lipinski definition) is 3. The van der Waals surface area contributed by atoms with Gasteiger partial charge >= 0.3 is 0 Å². The van der Waals surface area contributed by atoms with Gasteiger partial charge in [0.1, 0.15) is 5.84 Å². The van der Waals surface area contributed by atoms with E-state index in [4.69, 9.17) is 10.7 Å². The first-order valence-corrected chi connectivity index (χ1v) is 24.5. The lowest BCUT2D eigenvalue weighted by molar-refractivity contribution is 0.868. The zero-order valence-corrected chi connectivity index (χ0v) is 39.3. The van der Waals surface area contributed by atoms with Crippen LogP contribution in [0.15, 0.2) is 242 Å². The topological polar surface area (TPSA) is 64.2 Å². The number of aromatic nitrogens is 2. The third-order valence-corrected chi connectivity index (χ3v) is 15.0. The number of fused-ring (bicyclic) bond motifs is 12. The SMILES string of the molecule is CC(c1ccc(-c2ccncc2)cc1)c1cc(-c2ccc3c(c2)C2CC=CC=C2c2ccccc2-3)cc(-c2ccc3c4ccccc4c4ccccc4c3c2)c1/N=C(\N)c1ccc(-c2ccncc2)cc1. The first-order chi connectivity index (χ1) is 35.0. The summed E-state index contributed by atoms with van der Waals surface area (Å²) in [6.45, 7) is 2.30. The minimum Gasteiger partial charge on any atom is -0.383 e. The van der Waals surface area contributed by atoms with E-state index in [0.717, 1.165) is 62.2 Å². The number of amidine groups is 1. The fourth-order valence-corrected chi connectivity index (χ4v) is 11.3. The van der Waals surface area contributed by atoms with E-state index in [1.54, 1.807) is 0 Å². The molecule has 0 bridgehead atoms. The number of aliphatic imine (C=N–C) groups is 1. The summed E-state index contributed by atoms with van der Waals surface area (Å²) >= 11 is 0. The molecule has 11 aromatic rings. The summed E-state index contributed by atoms with van der Waals surface area (Å²) in [7, 11) is 0. The van der Waals surface area contributed by atoms with Crippen LogP contribution in [0.1, 0.15) is 53.0 Å². The fraction of sp³-hybridized carbons (Fsp3) is 0.0597.